The van der Waals surface area contributed by atoms with Gasteiger partial charge >= 0.3 is 0 Å². The number of aromatic nitrogens is 1. The number of primary amides is 1. The van der Waals surface area contributed by atoms with Gasteiger partial charge in [-0.1, -0.05) is 87.4 Å². The van der Waals surface area contributed by atoms with Crippen LogP contribution >= 0.6 is 0 Å². The second kappa shape index (κ2) is 48.5. The number of nitrogens with two attached hydrogens (primary N) is 7. The Labute approximate surface area is 593 Å². The van der Waals surface area contributed by atoms with E-state index in [9.17, 15) is 43.2 Å². The van der Waals surface area contributed by atoms with Crippen LogP contribution < -0.4 is 93.3 Å². The summed E-state index contributed by atoms with van der Waals surface area (Å²) in [4.78, 5) is 160. The molecule has 2 rings (SSSR count). The van der Waals surface area contributed by atoms with Gasteiger partial charge in [0.05, 0.1) is 6.04 Å². The molecule has 0 bridgehead atoms. The molecule has 29 nitrogen and oxygen atoms in total. The zero-order chi connectivity index (χ0) is 75.0. The molecule has 568 valence electrons. The molecule has 11 atom stereocenters. The molecule has 0 saturated heterocycles. The van der Waals surface area contributed by atoms with Gasteiger partial charge in [-0.25, -0.2) is 0 Å². The smallest absolute Gasteiger partial charge is 0.243 e. The molecule has 25 N–H and O–H groups in total. The molecule has 0 aliphatic heterocycles. The minimum atomic E-state index is -1.39. The highest BCUT2D eigenvalue weighted by Crippen LogP contribution is 2.21. The summed E-state index contributed by atoms with van der Waals surface area (Å²) >= 11 is 0. The van der Waals surface area contributed by atoms with Gasteiger partial charge < -0.3 is 98.3 Å². The van der Waals surface area contributed by atoms with Crippen LogP contribution in [-0.4, -0.2) is 169 Å². The Balaban J connectivity index is 2.63. The maximum absolute atomic E-state index is 15.1. The maximum atomic E-state index is 15.1. The quantitative estimate of drug-likeness (QED) is 0.0414. The molecule has 0 unspecified atom stereocenters. The fraction of sp³-hybridized carbons (Fsp3) is 0.732. The van der Waals surface area contributed by atoms with Gasteiger partial charge in [-0.2, -0.15) is 0 Å². The molecule has 100 heavy (non-hydrogen) atoms. The molecule has 0 aliphatic carbocycles. The summed E-state index contributed by atoms with van der Waals surface area (Å²) in [5.41, 5.74) is 42.5. The summed E-state index contributed by atoms with van der Waals surface area (Å²) < 4.78 is 0. The monoisotopic (exact) mass is 1410 g/mol. The van der Waals surface area contributed by atoms with Crippen LogP contribution in [0.4, 0.5) is 0 Å². The Morgan fingerprint density at radius 2 is 0.580 bits per heavy atom. The molecule has 0 aliphatic rings. The minimum absolute atomic E-state index is 0.00165. The predicted molar refractivity (Wildman–Crippen MR) is 390 cm³/mol. The van der Waals surface area contributed by atoms with Crippen molar-refractivity contribution in [1.29, 1.82) is 0 Å². The summed E-state index contributed by atoms with van der Waals surface area (Å²) in [5, 5.41) is 29.0. The van der Waals surface area contributed by atoms with Crippen LogP contribution in [0, 0.1) is 29.6 Å². The van der Waals surface area contributed by atoms with Crippen molar-refractivity contribution < 1.29 is 52.7 Å². The first-order valence-corrected chi connectivity index (χ1v) is 36.5. The molecular formula is C71H128N18O11. The maximum Gasteiger partial charge on any atom is 0.243 e. The highest BCUT2D eigenvalue weighted by atomic mass is 16.2. The third-order valence-electron chi connectivity index (χ3n) is 17.1. The number of aromatic amines is 1. The van der Waals surface area contributed by atoms with Crippen molar-refractivity contribution in [2.75, 3.05) is 32.7 Å². The SMILES string of the molecule is CC(C)C[C@H](NC(=O)[C@H](CCCCN)NC(=O)[C@H](CCCCN)NC(=O)[C@H](CC(C)C)NC(=O)[C@H](Cc1c[nH]c2ccccc12)NC(=O)[C@H](CCCCN)NC(=O)[C@H](CC(C)C)NC(=O)[C@H](CC(C)C)NC(=O)[C@H](CCCCN)NC(=O)[C@H](CCCCN)NC(=O)[C@@H](N)CC(C)C)C(N)=O. The predicted octanol–water partition coefficient (Wildman–Crippen LogP) is 1.25. The van der Waals surface area contributed by atoms with Crippen molar-refractivity contribution in [2.24, 2.45) is 69.7 Å². The van der Waals surface area contributed by atoms with E-state index in [1.165, 1.54) is 0 Å². The number of amides is 11. The van der Waals surface area contributed by atoms with Gasteiger partial charge in [-0.15, -0.1) is 0 Å². The van der Waals surface area contributed by atoms with Gasteiger partial charge in [-0.05, 0) is 202 Å². The fourth-order valence-electron chi connectivity index (χ4n) is 11.7. The zero-order valence-electron chi connectivity index (χ0n) is 61.5. The molecular weight excluding hydrogens is 1280 g/mol. The molecule has 1 aromatic heterocycles. The number of nitrogens with one attached hydrogen (secondary N) is 11. The second-order valence-electron chi connectivity index (χ2n) is 28.8. The first kappa shape index (κ1) is 88.8. The summed E-state index contributed by atoms with van der Waals surface area (Å²) in [6, 6.07) is -5.51. The van der Waals surface area contributed by atoms with E-state index in [1.807, 2.05) is 93.5 Å². The first-order chi connectivity index (χ1) is 47.4. The van der Waals surface area contributed by atoms with E-state index < -0.39 is 131 Å². The van der Waals surface area contributed by atoms with E-state index in [0.29, 0.717) is 102 Å². The summed E-state index contributed by atoms with van der Waals surface area (Å²) in [6.45, 7) is 20.3. The molecule has 0 radical (unpaired) electrons. The van der Waals surface area contributed by atoms with Crippen molar-refractivity contribution in [3.8, 4) is 0 Å². The lowest BCUT2D eigenvalue weighted by Gasteiger charge is -2.29. The number of carbonyl (C=O) groups excluding carboxylic acids is 11. The fourth-order valence-corrected chi connectivity index (χ4v) is 11.7. The van der Waals surface area contributed by atoms with E-state index in [2.05, 4.69) is 58.2 Å². The number of rotatable bonds is 53. The number of para-hydroxylation sites is 1. The van der Waals surface area contributed by atoms with Gasteiger partial charge in [0.15, 0.2) is 0 Å². The number of unbranched alkanes of at least 4 members (excludes halogenated alkanes) is 5. The van der Waals surface area contributed by atoms with Gasteiger partial charge in [0.2, 0.25) is 65.0 Å². The Kier molecular flexibility index (Phi) is 43.1. The first-order valence-electron chi connectivity index (χ1n) is 36.5. The summed E-state index contributed by atoms with van der Waals surface area (Å²) in [6.07, 6.45) is 7.96. The topological polar surface area (TPSA) is 506 Å². The van der Waals surface area contributed by atoms with Crippen LogP contribution in [0.25, 0.3) is 10.9 Å². The number of benzene rings is 1. The standard InChI is InChI=1S/C71H128N18O11/c1-42(2)35-49(77)62(91)80-51(25-13-18-30-72)63(92)82-54(28-16-21-33-75)66(95)86-59(39-46(9)10)70(99)87-57(37-44(5)6)68(97)84-55(29-17-22-34-76)67(96)89-60(40-47-41-79-50-24-12-11-23-48(47)50)71(100)88-58(38-45(7)8)69(98)83-52(26-14-19-31-73)64(93)81-53(27-15-20-32-74)65(94)85-56(61(78)90)36-43(3)4/h11-12,23-24,41-46,49,51-60,79H,13-22,25-40,72-77H2,1-10H3,(H2,78,90)(H,80,91)(H,81,93)(H,82,92)(H,83,98)(H,84,97)(H,85,94)(H,86,95)(H,87,99)(H,88,100)(H,89,96)/t49-,51-,52-,53-,54-,55-,56-,57-,58-,59-,60-/m0/s1. The average molecular weight is 1410 g/mol. The van der Waals surface area contributed by atoms with Crippen molar-refractivity contribution in [2.45, 2.75) is 271 Å². The largest absolute Gasteiger partial charge is 0.368 e. The van der Waals surface area contributed by atoms with E-state index in [-0.39, 0.29) is 100 Å². The van der Waals surface area contributed by atoms with Crippen molar-refractivity contribution in [3.05, 3.63) is 36.0 Å². The van der Waals surface area contributed by atoms with Crippen LogP contribution in [0.15, 0.2) is 30.5 Å². The minimum Gasteiger partial charge on any atom is -0.368 e. The molecule has 0 saturated carbocycles. The van der Waals surface area contributed by atoms with Gasteiger partial charge in [0.25, 0.3) is 0 Å². The van der Waals surface area contributed by atoms with E-state index in [4.69, 9.17) is 40.1 Å². The van der Waals surface area contributed by atoms with Crippen molar-refractivity contribution in [1.82, 2.24) is 58.2 Å². The van der Waals surface area contributed by atoms with Gasteiger partial charge in [-0.3, -0.25) is 52.7 Å². The Bertz CT molecular complexity index is 2830. The molecule has 11 amide bonds. The van der Waals surface area contributed by atoms with Crippen molar-refractivity contribution in [3.63, 3.8) is 0 Å². The lowest BCUT2D eigenvalue weighted by Crippen LogP contribution is -2.61. The van der Waals surface area contributed by atoms with Crippen LogP contribution in [0.5, 0.6) is 0 Å². The third-order valence-corrected chi connectivity index (χ3v) is 17.1. The zero-order valence-corrected chi connectivity index (χ0v) is 61.5. The van der Waals surface area contributed by atoms with Crippen molar-refractivity contribution >= 4 is 75.9 Å². The number of fused-ring (bicyclic) bond motifs is 1. The van der Waals surface area contributed by atoms with E-state index in [1.54, 1.807) is 6.20 Å². The molecule has 0 fully saturated rings. The van der Waals surface area contributed by atoms with Crippen LogP contribution in [-0.2, 0) is 59.2 Å². The average Bonchev–Trinajstić information content (AvgIpc) is 1.62. The molecule has 0 spiro atoms. The summed E-state index contributed by atoms with van der Waals surface area (Å²) in [5.74, 6) is -7.99. The molecule has 1 aromatic carbocycles. The lowest BCUT2D eigenvalue weighted by molar-refractivity contribution is -0.136. The highest BCUT2D eigenvalue weighted by molar-refractivity contribution is 5.99. The van der Waals surface area contributed by atoms with Crippen LogP contribution in [0.2, 0.25) is 0 Å². The second-order valence-corrected chi connectivity index (χ2v) is 28.8. The number of hydrogen-bond acceptors (Lipinski definition) is 17. The van der Waals surface area contributed by atoms with Crippen LogP contribution in [0.3, 0.4) is 0 Å². The Morgan fingerprint density at radius 1 is 0.330 bits per heavy atom. The third kappa shape index (κ3) is 34.4. The molecule has 29 heteroatoms. The Hall–Kier alpha value is -7.31. The highest BCUT2D eigenvalue weighted by Gasteiger charge is 2.37. The van der Waals surface area contributed by atoms with Gasteiger partial charge in [0.1, 0.15) is 60.4 Å². The van der Waals surface area contributed by atoms with Crippen LogP contribution in [0.1, 0.15) is 203 Å². The summed E-state index contributed by atoms with van der Waals surface area (Å²) in [7, 11) is 0. The number of H-pyrrole nitrogens is 1. The number of carbonyl (C=O) groups is 11. The lowest BCUT2D eigenvalue weighted by atomic mass is 9.98. The Morgan fingerprint density at radius 3 is 0.880 bits per heavy atom. The van der Waals surface area contributed by atoms with E-state index in [0.717, 1.165) is 10.9 Å². The number of hydrogen-bond donors (Lipinski definition) is 18. The van der Waals surface area contributed by atoms with Gasteiger partial charge in [0, 0.05) is 23.5 Å². The molecule has 1 heterocycles. The molecule has 2 aromatic rings. The normalized spacial score (nSPS) is 14.9. The van der Waals surface area contributed by atoms with E-state index >= 15 is 9.59 Å².